The summed E-state index contributed by atoms with van der Waals surface area (Å²) in [4.78, 5) is 19.9. The molecule has 3 heterocycles. The lowest BCUT2D eigenvalue weighted by molar-refractivity contribution is -0.0106. The molecule has 202 valence electrons. The van der Waals surface area contributed by atoms with E-state index in [-0.39, 0.29) is 23.7 Å². The highest BCUT2D eigenvalue weighted by Crippen LogP contribution is 2.54. The molecule has 2 aromatic carbocycles. The van der Waals surface area contributed by atoms with E-state index in [1.807, 2.05) is 25.1 Å². The van der Waals surface area contributed by atoms with Crippen molar-refractivity contribution in [3.05, 3.63) is 106 Å². The zero-order valence-corrected chi connectivity index (χ0v) is 22.8. The molecule has 3 aromatic rings. The number of amides is 1. The maximum Gasteiger partial charge on any atom is 0.253 e. The highest BCUT2D eigenvalue weighted by Gasteiger charge is 2.49. The molecule has 6 rings (SSSR count). The van der Waals surface area contributed by atoms with Crippen LogP contribution in [0.5, 0.6) is 0 Å². The van der Waals surface area contributed by atoms with Gasteiger partial charge in [-0.3, -0.25) is 9.78 Å². The van der Waals surface area contributed by atoms with Crippen LogP contribution in [0.15, 0.2) is 72.6 Å². The number of rotatable bonds is 6. The fourth-order valence-electron chi connectivity index (χ4n) is 6.78. The van der Waals surface area contributed by atoms with Gasteiger partial charge >= 0.3 is 0 Å². The Bertz CT molecular complexity index is 1360. The summed E-state index contributed by atoms with van der Waals surface area (Å²) in [6, 6.07) is 17.1. The normalized spacial score (nSPS) is 21.1. The molecule has 1 saturated carbocycles. The molecule has 1 spiro atoms. The van der Waals surface area contributed by atoms with Crippen LogP contribution in [0.4, 0.5) is 4.39 Å². The van der Waals surface area contributed by atoms with E-state index in [9.17, 15) is 9.18 Å². The van der Waals surface area contributed by atoms with Crippen LogP contribution in [0, 0.1) is 11.2 Å². The Morgan fingerprint density at radius 3 is 2.41 bits per heavy atom. The summed E-state index contributed by atoms with van der Waals surface area (Å²) in [5.41, 5.74) is 7.94. The molecule has 2 saturated heterocycles. The van der Waals surface area contributed by atoms with Gasteiger partial charge in [0.05, 0.1) is 18.2 Å². The van der Waals surface area contributed by atoms with Gasteiger partial charge in [-0.2, -0.15) is 0 Å². The van der Waals surface area contributed by atoms with Crippen molar-refractivity contribution < 1.29 is 13.9 Å². The molecule has 5 nitrogen and oxygen atoms in total. The van der Waals surface area contributed by atoms with E-state index in [2.05, 4.69) is 46.5 Å². The molecular formula is C33H36FN3O2. The third kappa shape index (κ3) is 5.28. The Labute approximate surface area is 230 Å². The van der Waals surface area contributed by atoms with Gasteiger partial charge in [-0.25, -0.2) is 4.39 Å². The topological polar surface area (TPSA) is 54.5 Å². The fourth-order valence-corrected chi connectivity index (χ4v) is 6.78. The lowest BCUT2D eigenvalue weighted by Crippen LogP contribution is -2.58. The first kappa shape index (κ1) is 25.9. The number of halogens is 1. The Kier molecular flexibility index (Phi) is 7.08. The van der Waals surface area contributed by atoms with E-state index >= 15 is 0 Å². The minimum absolute atomic E-state index is 0.111. The molecule has 3 fully saturated rings. The van der Waals surface area contributed by atoms with Crippen LogP contribution in [0.3, 0.4) is 0 Å². The van der Waals surface area contributed by atoms with Gasteiger partial charge < -0.3 is 15.0 Å². The Balaban J connectivity index is 1.20. The molecule has 0 bridgehead atoms. The van der Waals surface area contributed by atoms with Gasteiger partial charge in [0.25, 0.3) is 5.91 Å². The Morgan fingerprint density at radius 2 is 1.77 bits per heavy atom. The Hall–Kier alpha value is -3.35. The van der Waals surface area contributed by atoms with Crippen molar-refractivity contribution in [3.8, 4) is 0 Å². The van der Waals surface area contributed by atoms with Gasteiger partial charge in [0, 0.05) is 43.4 Å². The summed E-state index contributed by atoms with van der Waals surface area (Å²) in [6.45, 7) is 5.74. The molecular weight excluding hydrogens is 489 g/mol. The Morgan fingerprint density at radius 1 is 1.08 bits per heavy atom. The summed E-state index contributed by atoms with van der Waals surface area (Å²) in [7, 11) is 2.17. The predicted molar refractivity (Wildman–Crippen MR) is 151 cm³/mol. The third-order valence-electron chi connectivity index (χ3n) is 8.62. The zero-order chi connectivity index (χ0) is 27.0. The number of carbonyl (C=O) groups is 1. The maximum atomic E-state index is 13.7. The number of carbonyl (C=O) groups excluding carboxylic acids is 1. The van der Waals surface area contributed by atoms with Crippen LogP contribution in [0.1, 0.15) is 77.2 Å². The second-order valence-corrected chi connectivity index (χ2v) is 11.7. The molecule has 6 heteroatoms. The number of likely N-dealkylation sites (tertiary alicyclic amines) is 1. The lowest BCUT2D eigenvalue weighted by Gasteiger charge is -2.56. The number of hydrogen-bond donors (Lipinski definition) is 1. The van der Waals surface area contributed by atoms with Gasteiger partial charge in [-0.05, 0) is 85.7 Å². The second-order valence-electron chi connectivity index (χ2n) is 11.7. The summed E-state index contributed by atoms with van der Waals surface area (Å²) in [5.74, 6) is -0.109. The van der Waals surface area contributed by atoms with Crippen molar-refractivity contribution in [2.45, 2.75) is 44.6 Å². The van der Waals surface area contributed by atoms with Gasteiger partial charge in [0.15, 0.2) is 0 Å². The highest BCUT2D eigenvalue weighted by molar-refractivity contribution is 5.95. The average molecular weight is 526 g/mol. The number of ether oxygens (including phenoxy) is 1. The SMILES string of the molecule is C[C@@H](NC(=O)c1cnccc1C1CCCOC1)c1ccc(C(=C2CC3(C2)CN(C)C3)c2ccc(F)cc2)cc1. The monoisotopic (exact) mass is 525 g/mol. The van der Waals surface area contributed by atoms with E-state index in [0.29, 0.717) is 17.6 Å². The van der Waals surface area contributed by atoms with Gasteiger partial charge in [-0.1, -0.05) is 42.0 Å². The van der Waals surface area contributed by atoms with Gasteiger partial charge in [0.1, 0.15) is 5.82 Å². The van der Waals surface area contributed by atoms with Crippen LogP contribution < -0.4 is 5.32 Å². The van der Waals surface area contributed by atoms with Crippen LogP contribution in [0.2, 0.25) is 0 Å². The van der Waals surface area contributed by atoms with E-state index in [0.717, 1.165) is 67.6 Å². The molecule has 1 aliphatic carbocycles. The lowest BCUT2D eigenvalue weighted by atomic mass is 9.59. The summed E-state index contributed by atoms with van der Waals surface area (Å²) < 4.78 is 19.4. The van der Waals surface area contributed by atoms with Gasteiger partial charge in [-0.15, -0.1) is 0 Å². The van der Waals surface area contributed by atoms with Crippen molar-refractivity contribution in [1.82, 2.24) is 15.2 Å². The number of pyridine rings is 1. The molecule has 1 aromatic heterocycles. The molecule has 39 heavy (non-hydrogen) atoms. The first-order valence-electron chi connectivity index (χ1n) is 14.0. The first-order chi connectivity index (χ1) is 18.9. The quantitative estimate of drug-likeness (QED) is 0.421. The van der Waals surface area contributed by atoms with E-state index in [4.69, 9.17) is 4.74 Å². The molecule has 2 aliphatic heterocycles. The van der Waals surface area contributed by atoms with Crippen molar-refractivity contribution in [3.63, 3.8) is 0 Å². The molecule has 3 aliphatic rings. The van der Waals surface area contributed by atoms with Crippen LogP contribution >= 0.6 is 0 Å². The fraction of sp³-hybridized carbons (Fsp3) is 0.394. The van der Waals surface area contributed by atoms with E-state index < -0.39 is 0 Å². The minimum atomic E-state index is -0.221. The summed E-state index contributed by atoms with van der Waals surface area (Å²) in [5, 5.41) is 3.18. The van der Waals surface area contributed by atoms with Crippen LogP contribution in [-0.4, -0.2) is 49.1 Å². The van der Waals surface area contributed by atoms with E-state index in [1.165, 1.54) is 11.1 Å². The van der Waals surface area contributed by atoms with Crippen molar-refractivity contribution in [2.75, 3.05) is 33.4 Å². The standard InChI is InChI=1S/C33H36FN3O2/c1-22(36-32(38)30-18-35-14-13-29(30)26-4-3-15-39-19-26)23-5-7-24(8-6-23)31(25-9-11-28(34)12-10-25)27-16-33(17-27)20-37(2)21-33/h5-14,18,22,26H,3-4,15-17,19-21H2,1-2H3,(H,36,38)/t22-,26?/m1/s1. The molecule has 2 atom stereocenters. The van der Waals surface area contributed by atoms with Crippen LogP contribution in [-0.2, 0) is 4.74 Å². The maximum absolute atomic E-state index is 13.7. The predicted octanol–water partition coefficient (Wildman–Crippen LogP) is 6.13. The number of aromatic nitrogens is 1. The number of benzene rings is 2. The first-order valence-corrected chi connectivity index (χ1v) is 14.0. The number of nitrogens with zero attached hydrogens (tertiary/aromatic N) is 2. The van der Waals surface area contributed by atoms with Crippen LogP contribution in [0.25, 0.3) is 5.57 Å². The molecule has 1 amide bonds. The average Bonchev–Trinajstić information content (AvgIpc) is 2.93. The molecule has 1 unspecified atom stereocenters. The van der Waals surface area contributed by atoms with Gasteiger partial charge in [0.2, 0.25) is 0 Å². The summed E-state index contributed by atoms with van der Waals surface area (Å²) in [6.07, 6.45) is 7.64. The molecule has 1 N–H and O–H groups in total. The second kappa shape index (κ2) is 10.7. The number of nitrogens with one attached hydrogen (secondary N) is 1. The smallest absolute Gasteiger partial charge is 0.253 e. The molecule has 0 radical (unpaired) electrons. The zero-order valence-electron chi connectivity index (χ0n) is 22.8. The third-order valence-corrected chi connectivity index (χ3v) is 8.62. The number of hydrogen-bond acceptors (Lipinski definition) is 4. The summed E-state index contributed by atoms with van der Waals surface area (Å²) >= 11 is 0. The largest absolute Gasteiger partial charge is 0.381 e. The minimum Gasteiger partial charge on any atom is -0.381 e. The highest BCUT2D eigenvalue weighted by atomic mass is 19.1. The van der Waals surface area contributed by atoms with Crippen molar-refractivity contribution >= 4 is 11.5 Å². The van der Waals surface area contributed by atoms with Crippen molar-refractivity contribution in [1.29, 1.82) is 0 Å². The van der Waals surface area contributed by atoms with E-state index in [1.54, 1.807) is 24.5 Å². The number of allylic oxidation sites excluding steroid dienone is 1. The van der Waals surface area contributed by atoms with Crippen molar-refractivity contribution in [2.24, 2.45) is 5.41 Å².